The van der Waals surface area contributed by atoms with Gasteiger partial charge in [0.25, 0.3) is 5.56 Å². The zero-order valence-corrected chi connectivity index (χ0v) is 40.1. The summed E-state index contributed by atoms with van der Waals surface area (Å²) < 4.78 is 42.2. The molecule has 2 atom stereocenters. The SMILES string of the molecule is Cn1nc(C2CCC(=O)NC2=O)c2ccc(N3C[CH2][In]([C](C)(C)C4CCN(c5ncc(Cl)c(Nc6ccc7c(c6)c6c(c(=O)n7C)OCC(F)(F)[C@H](C7CC7)N6)n5)CC4)[CH2]C3)cc21. The second-order valence-electron chi connectivity index (χ2n) is 18.9. The van der Waals surface area contributed by atoms with Gasteiger partial charge in [-0.05, 0) is 18.8 Å². The van der Waals surface area contributed by atoms with E-state index >= 15 is 8.78 Å². The number of carbonyl (C=O) groups excluding carboxylic acids is 2. The number of imide groups is 1. The predicted molar refractivity (Wildman–Crippen MR) is 242 cm³/mol. The molecule has 63 heavy (non-hydrogen) atoms. The van der Waals surface area contributed by atoms with Crippen molar-refractivity contribution in [1.29, 1.82) is 0 Å². The topological polar surface area (TPSA) is 152 Å². The number of alkyl halides is 2. The summed E-state index contributed by atoms with van der Waals surface area (Å²) in [6.07, 6.45) is 5.96. The van der Waals surface area contributed by atoms with E-state index in [2.05, 4.69) is 62.8 Å². The van der Waals surface area contributed by atoms with Crippen molar-refractivity contribution >= 4 is 95.5 Å². The van der Waals surface area contributed by atoms with E-state index in [0.717, 1.165) is 55.6 Å². The van der Waals surface area contributed by atoms with E-state index in [0.29, 0.717) is 68.2 Å². The van der Waals surface area contributed by atoms with Gasteiger partial charge in [-0.1, -0.05) is 0 Å². The van der Waals surface area contributed by atoms with Gasteiger partial charge in [-0.3, -0.25) is 9.59 Å². The number of piperidine rings is 2. The molecule has 2 aromatic carbocycles. The first-order chi connectivity index (χ1) is 30.2. The van der Waals surface area contributed by atoms with Crippen LogP contribution < -0.4 is 36.0 Å². The first-order valence-corrected chi connectivity index (χ1v) is 28.9. The average Bonchev–Trinajstić information content (AvgIpc) is 4.08. The van der Waals surface area contributed by atoms with Gasteiger partial charge in [-0.25, -0.2) is 8.78 Å². The molecule has 10 rings (SSSR count). The molecule has 3 N–H and O–H groups in total. The number of aryl methyl sites for hydroxylation is 2. The Morgan fingerprint density at radius 2 is 1.70 bits per heavy atom. The van der Waals surface area contributed by atoms with Crippen LogP contribution in [0.25, 0.3) is 21.8 Å². The van der Waals surface area contributed by atoms with Crippen molar-refractivity contribution in [3.05, 3.63) is 63.7 Å². The van der Waals surface area contributed by atoms with Crippen LogP contribution in [0, 0.1) is 11.8 Å². The molecule has 2 amide bonds. The second-order valence-corrected chi connectivity index (χ2v) is 30.8. The molecule has 18 heteroatoms. The third-order valence-corrected chi connectivity index (χ3v) is 27.9. The molecule has 5 aliphatic rings. The molecule has 4 aliphatic heterocycles. The van der Waals surface area contributed by atoms with Gasteiger partial charge >= 0.3 is 285 Å². The summed E-state index contributed by atoms with van der Waals surface area (Å²) in [6, 6.07) is 10.8. The minimum atomic E-state index is -3.13. The molecule has 0 radical (unpaired) electrons. The molecular weight excluding hydrogens is 933 g/mol. The van der Waals surface area contributed by atoms with Crippen molar-refractivity contribution in [1.82, 2.24) is 29.6 Å². The van der Waals surface area contributed by atoms with Crippen molar-refractivity contribution in [2.45, 2.75) is 81.8 Å². The molecule has 4 fully saturated rings. The molecule has 1 unspecified atom stereocenters. The number of hydrogen-bond acceptors (Lipinski definition) is 11. The maximum atomic E-state index is 15.2. The van der Waals surface area contributed by atoms with Crippen LogP contribution in [0.15, 0.2) is 47.4 Å². The summed E-state index contributed by atoms with van der Waals surface area (Å²) in [5.41, 5.74) is 3.96. The molecular formula is C45H52ClF2InN10O4. The molecule has 7 heterocycles. The Labute approximate surface area is 376 Å². The van der Waals surface area contributed by atoms with Crippen molar-refractivity contribution in [3.8, 4) is 5.75 Å². The van der Waals surface area contributed by atoms with E-state index in [1.165, 1.54) is 18.6 Å². The van der Waals surface area contributed by atoms with Crippen molar-refractivity contribution in [2.24, 2.45) is 25.9 Å². The Kier molecular flexibility index (Phi) is 10.8. The number of hydrogen-bond donors (Lipinski definition) is 3. The number of nitrogens with one attached hydrogen (secondary N) is 3. The summed E-state index contributed by atoms with van der Waals surface area (Å²) in [4.78, 5) is 52.0. The van der Waals surface area contributed by atoms with Crippen molar-refractivity contribution in [2.75, 3.05) is 53.2 Å². The van der Waals surface area contributed by atoms with Gasteiger partial charge in [0.2, 0.25) is 5.75 Å². The summed E-state index contributed by atoms with van der Waals surface area (Å²) in [5, 5.41) is 15.5. The Bertz CT molecular complexity index is 2710. The Balaban J connectivity index is 0.789. The molecule has 1 aliphatic carbocycles. The minimum absolute atomic E-state index is 0.100. The van der Waals surface area contributed by atoms with E-state index in [1.807, 2.05) is 23.9 Å². The van der Waals surface area contributed by atoms with E-state index in [-0.39, 0.29) is 29.2 Å². The van der Waals surface area contributed by atoms with E-state index in [4.69, 9.17) is 26.4 Å². The van der Waals surface area contributed by atoms with Crippen molar-refractivity contribution in [3.63, 3.8) is 0 Å². The number of fused-ring (bicyclic) bond motifs is 4. The normalized spacial score (nSPS) is 22.1. The molecule has 0 spiro atoms. The molecule has 3 saturated heterocycles. The molecule has 0 bridgehead atoms. The first-order valence-electron chi connectivity index (χ1n) is 22.2. The number of amides is 2. The monoisotopic (exact) mass is 984 g/mol. The van der Waals surface area contributed by atoms with Crippen LogP contribution in [-0.2, 0) is 23.7 Å². The fraction of sp³-hybridized carbons (Fsp3) is 0.511. The summed E-state index contributed by atoms with van der Waals surface area (Å²) in [5.74, 6) is -2.64. The maximum absolute atomic E-state index is 15.2. The van der Waals surface area contributed by atoms with Gasteiger partial charge in [-0.15, -0.1) is 0 Å². The number of aromatic nitrogens is 5. The van der Waals surface area contributed by atoms with Gasteiger partial charge in [0, 0.05) is 7.05 Å². The van der Waals surface area contributed by atoms with E-state index in [1.54, 1.807) is 19.3 Å². The van der Waals surface area contributed by atoms with Crippen LogP contribution in [0.4, 0.5) is 37.6 Å². The standard InChI is InChI=1S/C28H32ClF2N6O2.C17H20N4O2.In/c1-15(2)16-8-10-37(11-9-16)27-32-13-20(29)25(35-27)33-18-6-7-21-19(12-18)22-23(26(38)36(21)3)39-14-28(30,31)24(34-22)17-4-5-17;1-4-21(5-2)11-6-7-12-14(10-11)20(3)19-16(12)13-8-9-15(22)18-17(13)23;/h6-7,12-13,16-17,24,34H,4-5,8-11,14H2,1-3H3,(H,32,33,35);6-7,10,13H,1-2,4-5,8-9H2,3H3,(H,18,22,23);/t24-;;/m0../s1. The van der Waals surface area contributed by atoms with Crippen LogP contribution in [0.5, 0.6) is 5.75 Å². The van der Waals surface area contributed by atoms with E-state index in [9.17, 15) is 14.4 Å². The average molecular weight is 985 g/mol. The Hall–Kier alpha value is -4.64. The number of rotatable bonds is 8. The predicted octanol–water partition coefficient (Wildman–Crippen LogP) is 7.36. The number of anilines is 5. The van der Waals surface area contributed by atoms with Gasteiger partial charge in [0.15, 0.2) is 6.61 Å². The zero-order valence-electron chi connectivity index (χ0n) is 36.0. The van der Waals surface area contributed by atoms with Gasteiger partial charge in [-0.2, -0.15) is 0 Å². The van der Waals surface area contributed by atoms with Crippen LogP contribution >= 0.6 is 11.6 Å². The second kappa shape index (κ2) is 16.1. The van der Waals surface area contributed by atoms with Crippen LogP contribution in [-0.4, -0.2) is 102 Å². The van der Waals surface area contributed by atoms with Gasteiger partial charge in [0.1, 0.15) is 0 Å². The molecule has 3 aromatic heterocycles. The summed E-state index contributed by atoms with van der Waals surface area (Å²) in [7, 11) is 3.54. The fourth-order valence-corrected chi connectivity index (χ4v) is 22.4. The Morgan fingerprint density at radius 1 is 0.937 bits per heavy atom. The number of carbonyl (C=O) groups is 2. The zero-order chi connectivity index (χ0) is 43.9. The number of ether oxygens (including phenoxy) is 1. The van der Waals surface area contributed by atoms with Crippen LogP contribution in [0.2, 0.25) is 16.5 Å². The number of halogens is 3. The van der Waals surface area contributed by atoms with Crippen molar-refractivity contribution < 1.29 is 23.1 Å². The molecule has 5 aromatic rings. The van der Waals surface area contributed by atoms with Crippen LogP contribution in [0.1, 0.15) is 64.0 Å². The fourth-order valence-electron chi connectivity index (χ4n) is 10.7. The van der Waals surface area contributed by atoms with Gasteiger partial charge < -0.3 is 14.6 Å². The Morgan fingerprint density at radius 3 is 2.43 bits per heavy atom. The number of pyridine rings is 1. The third-order valence-electron chi connectivity index (χ3n) is 14.8. The molecule has 330 valence electrons. The summed E-state index contributed by atoms with van der Waals surface area (Å²) in [6.45, 7) is 8.01. The molecule has 1 saturated carbocycles. The number of benzene rings is 2. The number of nitrogens with zero attached hydrogens (tertiary/aromatic N) is 7. The molecule has 14 nitrogen and oxygen atoms in total. The van der Waals surface area contributed by atoms with Crippen LogP contribution in [0.3, 0.4) is 0 Å². The van der Waals surface area contributed by atoms with Gasteiger partial charge in [0.05, 0.1) is 17.2 Å². The third kappa shape index (κ3) is 7.78. The first kappa shape index (κ1) is 42.3. The summed E-state index contributed by atoms with van der Waals surface area (Å²) >= 11 is 4.68. The van der Waals surface area contributed by atoms with E-state index < -0.39 is 51.5 Å². The quantitative estimate of drug-likeness (QED) is 0.134.